The summed E-state index contributed by atoms with van der Waals surface area (Å²) in [5.41, 5.74) is 0. The van der Waals surface area contributed by atoms with Crippen molar-refractivity contribution in [2.24, 2.45) is 5.92 Å². The van der Waals surface area contributed by atoms with Crippen LogP contribution in [0.5, 0.6) is 6.01 Å². The van der Waals surface area contributed by atoms with Gasteiger partial charge in [-0.25, -0.2) is 4.98 Å². The quantitative estimate of drug-likeness (QED) is 0.859. The van der Waals surface area contributed by atoms with E-state index in [2.05, 4.69) is 9.97 Å². The highest BCUT2D eigenvalue weighted by atomic mass is 35.5. The first-order valence-corrected chi connectivity index (χ1v) is 5.34. The van der Waals surface area contributed by atoms with E-state index in [1.807, 2.05) is 0 Å². The molecule has 0 aliphatic heterocycles. The number of halogens is 1. The van der Waals surface area contributed by atoms with Crippen LogP contribution < -0.4 is 9.64 Å². The summed E-state index contributed by atoms with van der Waals surface area (Å²) in [7, 11) is 3.17. The molecule has 0 amide bonds. The first kappa shape index (κ1) is 13.5. The van der Waals surface area contributed by atoms with Crippen molar-refractivity contribution in [3.05, 3.63) is 11.2 Å². The van der Waals surface area contributed by atoms with Crippen LogP contribution in [0.3, 0.4) is 0 Å². The summed E-state index contributed by atoms with van der Waals surface area (Å²) in [6, 6.07) is 0.194. The summed E-state index contributed by atoms with van der Waals surface area (Å²) in [4.78, 5) is 20.3. The number of anilines is 1. The maximum absolute atomic E-state index is 10.8. The molecule has 0 saturated heterocycles. The SMILES string of the molecule is COc1ncc(Cl)c(N(C)CC(C)C(=O)O)n1. The minimum atomic E-state index is -0.867. The lowest BCUT2D eigenvalue weighted by Crippen LogP contribution is -2.29. The Bertz CT molecular complexity index is 414. The molecule has 1 rings (SSSR count). The predicted octanol–water partition coefficient (Wildman–Crippen LogP) is 1.30. The van der Waals surface area contributed by atoms with Gasteiger partial charge in [0.25, 0.3) is 0 Å². The maximum Gasteiger partial charge on any atom is 0.318 e. The Labute approximate surface area is 104 Å². The molecular weight excluding hydrogens is 246 g/mol. The van der Waals surface area contributed by atoms with E-state index in [4.69, 9.17) is 21.4 Å². The molecule has 0 fully saturated rings. The van der Waals surface area contributed by atoms with E-state index in [0.29, 0.717) is 17.4 Å². The number of rotatable bonds is 5. The smallest absolute Gasteiger partial charge is 0.318 e. The molecule has 1 heterocycles. The Morgan fingerprint density at radius 3 is 2.88 bits per heavy atom. The number of carbonyl (C=O) groups is 1. The minimum Gasteiger partial charge on any atom is -0.481 e. The van der Waals surface area contributed by atoms with Crippen molar-refractivity contribution in [3.63, 3.8) is 0 Å². The van der Waals surface area contributed by atoms with Gasteiger partial charge in [-0.15, -0.1) is 0 Å². The second-order valence-corrected chi connectivity index (χ2v) is 4.06. The summed E-state index contributed by atoms with van der Waals surface area (Å²) in [6.45, 7) is 1.92. The standard InChI is InChI=1S/C10H14ClN3O3/c1-6(9(15)16)5-14(2)8-7(11)4-12-10(13-8)17-3/h4,6H,5H2,1-3H3,(H,15,16). The summed E-state index contributed by atoms with van der Waals surface area (Å²) in [5, 5.41) is 9.18. The van der Waals surface area contributed by atoms with Gasteiger partial charge in [0, 0.05) is 13.6 Å². The molecule has 1 aromatic heterocycles. The zero-order chi connectivity index (χ0) is 13.0. The van der Waals surface area contributed by atoms with Gasteiger partial charge in [-0.2, -0.15) is 4.98 Å². The molecular formula is C10H14ClN3O3. The van der Waals surface area contributed by atoms with Crippen LogP contribution in [-0.4, -0.2) is 41.7 Å². The molecule has 6 nitrogen and oxygen atoms in total. The van der Waals surface area contributed by atoms with Crippen molar-refractivity contribution >= 4 is 23.4 Å². The molecule has 0 aliphatic rings. The summed E-state index contributed by atoms with van der Waals surface area (Å²) < 4.78 is 4.89. The van der Waals surface area contributed by atoms with Crippen molar-refractivity contribution in [2.75, 3.05) is 25.6 Å². The Hall–Kier alpha value is -1.56. The Morgan fingerprint density at radius 2 is 2.35 bits per heavy atom. The number of methoxy groups -OCH3 is 1. The van der Waals surface area contributed by atoms with E-state index in [9.17, 15) is 4.79 Å². The predicted molar refractivity (Wildman–Crippen MR) is 63.7 cm³/mol. The maximum atomic E-state index is 10.8. The number of aliphatic carboxylic acids is 1. The average Bonchev–Trinajstić information content (AvgIpc) is 2.29. The van der Waals surface area contributed by atoms with Crippen LogP contribution in [0.2, 0.25) is 5.02 Å². The number of hydrogen-bond acceptors (Lipinski definition) is 5. The molecule has 0 radical (unpaired) electrons. The molecule has 1 aromatic rings. The van der Waals surface area contributed by atoms with Crippen LogP contribution in [0.4, 0.5) is 5.82 Å². The molecule has 0 bridgehead atoms. The Morgan fingerprint density at radius 1 is 1.71 bits per heavy atom. The summed E-state index contributed by atoms with van der Waals surface area (Å²) in [5.74, 6) is -0.933. The molecule has 0 saturated carbocycles. The van der Waals surface area contributed by atoms with Gasteiger partial charge in [0.05, 0.1) is 19.2 Å². The monoisotopic (exact) mass is 259 g/mol. The second-order valence-electron chi connectivity index (χ2n) is 3.65. The lowest BCUT2D eigenvalue weighted by atomic mass is 10.2. The van der Waals surface area contributed by atoms with Gasteiger partial charge in [0.15, 0.2) is 5.82 Å². The van der Waals surface area contributed by atoms with E-state index in [-0.39, 0.29) is 6.01 Å². The Balaban J connectivity index is 2.87. The third-order valence-electron chi connectivity index (χ3n) is 2.22. The minimum absolute atomic E-state index is 0.194. The third kappa shape index (κ3) is 3.45. The van der Waals surface area contributed by atoms with Crippen molar-refractivity contribution < 1.29 is 14.6 Å². The van der Waals surface area contributed by atoms with E-state index < -0.39 is 11.9 Å². The number of carboxylic acid groups (broad SMARTS) is 1. The van der Waals surface area contributed by atoms with Crippen LogP contribution in [0.15, 0.2) is 6.20 Å². The fourth-order valence-corrected chi connectivity index (χ4v) is 1.52. The molecule has 94 valence electrons. The lowest BCUT2D eigenvalue weighted by molar-refractivity contribution is -0.140. The molecule has 0 spiro atoms. The van der Waals surface area contributed by atoms with Crippen molar-refractivity contribution in [2.45, 2.75) is 6.92 Å². The average molecular weight is 260 g/mol. The van der Waals surface area contributed by atoms with Crippen molar-refractivity contribution in [1.82, 2.24) is 9.97 Å². The number of carboxylic acids is 1. The first-order chi connectivity index (χ1) is 7.95. The number of nitrogens with zero attached hydrogens (tertiary/aromatic N) is 3. The molecule has 1 N–H and O–H groups in total. The second kappa shape index (κ2) is 5.67. The lowest BCUT2D eigenvalue weighted by Gasteiger charge is -2.21. The molecule has 7 heteroatoms. The molecule has 0 aliphatic carbocycles. The van der Waals surface area contributed by atoms with Crippen LogP contribution in [0, 0.1) is 5.92 Å². The van der Waals surface area contributed by atoms with Crippen molar-refractivity contribution in [1.29, 1.82) is 0 Å². The molecule has 0 aromatic carbocycles. The van der Waals surface area contributed by atoms with Gasteiger partial charge in [0.1, 0.15) is 5.02 Å². The van der Waals surface area contributed by atoms with Gasteiger partial charge in [0.2, 0.25) is 0 Å². The topological polar surface area (TPSA) is 75.5 Å². The van der Waals surface area contributed by atoms with Crippen LogP contribution in [0.1, 0.15) is 6.92 Å². The van der Waals surface area contributed by atoms with Gasteiger partial charge in [-0.1, -0.05) is 18.5 Å². The molecule has 17 heavy (non-hydrogen) atoms. The fraction of sp³-hybridized carbons (Fsp3) is 0.500. The van der Waals surface area contributed by atoms with E-state index >= 15 is 0 Å². The normalized spacial score (nSPS) is 12.0. The van der Waals surface area contributed by atoms with Crippen LogP contribution in [0.25, 0.3) is 0 Å². The van der Waals surface area contributed by atoms with E-state index in [0.717, 1.165) is 0 Å². The van der Waals surface area contributed by atoms with Crippen LogP contribution >= 0.6 is 11.6 Å². The van der Waals surface area contributed by atoms with Crippen molar-refractivity contribution in [3.8, 4) is 6.01 Å². The highest BCUT2D eigenvalue weighted by Gasteiger charge is 2.17. The largest absolute Gasteiger partial charge is 0.481 e. The van der Waals surface area contributed by atoms with Crippen LogP contribution in [-0.2, 0) is 4.79 Å². The fourth-order valence-electron chi connectivity index (χ4n) is 1.28. The zero-order valence-corrected chi connectivity index (χ0v) is 10.6. The highest BCUT2D eigenvalue weighted by Crippen LogP contribution is 2.23. The van der Waals surface area contributed by atoms with E-state index in [1.54, 1.807) is 18.9 Å². The van der Waals surface area contributed by atoms with E-state index in [1.165, 1.54) is 13.3 Å². The number of hydrogen-bond donors (Lipinski definition) is 1. The first-order valence-electron chi connectivity index (χ1n) is 4.96. The summed E-state index contributed by atoms with van der Waals surface area (Å²) >= 11 is 5.94. The number of aromatic nitrogens is 2. The van der Waals surface area contributed by atoms with Gasteiger partial charge in [-0.3, -0.25) is 4.79 Å². The van der Waals surface area contributed by atoms with Gasteiger partial charge >= 0.3 is 12.0 Å². The molecule has 1 atom stereocenters. The Kier molecular flexibility index (Phi) is 4.51. The van der Waals surface area contributed by atoms with Gasteiger partial charge < -0.3 is 14.7 Å². The number of ether oxygens (including phenoxy) is 1. The highest BCUT2D eigenvalue weighted by molar-refractivity contribution is 6.32. The summed E-state index contributed by atoms with van der Waals surface area (Å²) in [6.07, 6.45) is 1.42. The van der Waals surface area contributed by atoms with Gasteiger partial charge in [-0.05, 0) is 0 Å². The molecule has 1 unspecified atom stereocenters. The zero-order valence-electron chi connectivity index (χ0n) is 9.85. The third-order valence-corrected chi connectivity index (χ3v) is 2.48.